The van der Waals surface area contributed by atoms with Gasteiger partial charge in [-0.1, -0.05) is 125 Å². The number of hydrogen-bond donors (Lipinski definition) is 0. The van der Waals surface area contributed by atoms with Gasteiger partial charge in [-0.25, -0.2) is 0 Å². The van der Waals surface area contributed by atoms with Crippen molar-refractivity contribution in [2.45, 2.75) is 60.0 Å². The molecular formula is C39H40O2. The van der Waals surface area contributed by atoms with Crippen molar-refractivity contribution in [2.75, 3.05) is 0 Å². The number of aryl methyl sites for hydroxylation is 4. The molecule has 1 aliphatic heterocycles. The molecule has 0 N–H and O–H groups in total. The molecule has 1 atom stereocenters. The van der Waals surface area contributed by atoms with Crippen LogP contribution in [0.3, 0.4) is 0 Å². The number of rotatable bonds is 8. The molecule has 1 unspecified atom stereocenters. The predicted octanol–water partition coefficient (Wildman–Crippen LogP) is 9.59. The van der Waals surface area contributed by atoms with Crippen molar-refractivity contribution in [1.29, 1.82) is 0 Å². The summed E-state index contributed by atoms with van der Waals surface area (Å²) >= 11 is 0. The first kappa shape index (κ1) is 28.4. The molecule has 0 radical (unpaired) electrons. The van der Waals surface area contributed by atoms with Crippen LogP contribution in [0.15, 0.2) is 114 Å². The van der Waals surface area contributed by atoms with Crippen molar-refractivity contribution in [3.05, 3.63) is 159 Å². The van der Waals surface area contributed by atoms with Crippen LogP contribution in [0.5, 0.6) is 0 Å². The van der Waals surface area contributed by atoms with E-state index in [0.717, 1.165) is 35.3 Å². The summed E-state index contributed by atoms with van der Waals surface area (Å²) in [6.07, 6.45) is 3.92. The zero-order chi connectivity index (χ0) is 29.1. The minimum Gasteiger partial charge on any atom is -0.481 e. The Bertz CT molecular complexity index is 1490. The fourth-order valence-corrected chi connectivity index (χ4v) is 6.21. The second kappa shape index (κ2) is 11.7. The van der Waals surface area contributed by atoms with Crippen LogP contribution in [0.2, 0.25) is 0 Å². The van der Waals surface area contributed by atoms with Crippen LogP contribution in [0.25, 0.3) is 5.57 Å². The number of ketones is 1. The lowest BCUT2D eigenvalue weighted by Crippen LogP contribution is -2.36. The topological polar surface area (TPSA) is 26.3 Å². The maximum Gasteiger partial charge on any atom is 0.166 e. The van der Waals surface area contributed by atoms with E-state index in [4.69, 9.17) is 4.74 Å². The zero-order valence-electron chi connectivity index (χ0n) is 25.1. The molecule has 0 fully saturated rings. The lowest BCUT2D eigenvalue weighted by atomic mass is 9.71. The zero-order valence-corrected chi connectivity index (χ0v) is 25.1. The van der Waals surface area contributed by atoms with Gasteiger partial charge in [0.2, 0.25) is 0 Å². The molecule has 4 aromatic rings. The highest BCUT2D eigenvalue weighted by Crippen LogP contribution is 2.53. The van der Waals surface area contributed by atoms with E-state index in [-0.39, 0.29) is 11.7 Å². The molecule has 4 aromatic carbocycles. The van der Waals surface area contributed by atoms with Crippen molar-refractivity contribution in [3.63, 3.8) is 0 Å². The number of carbonyl (C=O) groups is 1. The summed E-state index contributed by atoms with van der Waals surface area (Å²) in [6.45, 7) is 12.1. The van der Waals surface area contributed by atoms with Crippen LogP contribution in [-0.2, 0) is 15.1 Å². The Morgan fingerprint density at radius 1 is 0.659 bits per heavy atom. The number of benzene rings is 4. The summed E-state index contributed by atoms with van der Waals surface area (Å²) in [4.78, 5) is 13.2. The van der Waals surface area contributed by atoms with E-state index in [1.807, 2.05) is 6.92 Å². The molecule has 1 aliphatic rings. The molecule has 0 saturated heterocycles. The maximum absolute atomic E-state index is 13.2. The van der Waals surface area contributed by atoms with Gasteiger partial charge in [-0.2, -0.15) is 0 Å². The molecule has 2 heteroatoms. The molecule has 2 nitrogen and oxygen atoms in total. The van der Waals surface area contributed by atoms with Gasteiger partial charge in [0.25, 0.3) is 0 Å². The van der Waals surface area contributed by atoms with Gasteiger partial charge < -0.3 is 4.74 Å². The Labute approximate surface area is 245 Å². The minimum absolute atomic E-state index is 0.0786. The van der Waals surface area contributed by atoms with E-state index < -0.39 is 5.60 Å². The Hall–Kier alpha value is -4.17. The lowest BCUT2D eigenvalue weighted by molar-refractivity contribution is -0.114. The van der Waals surface area contributed by atoms with E-state index >= 15 is 0 Å². The van der Waals surface area contributed by atoms with Crippen LogP contribution in [-0.4, -0.2) is 5.78 Å². The molecule has 208 valence electrons. The van der Waals surface area contributed by atoms with Crippen LogP contribution < -0.4 is 0 Å². The van der Waals surface area contributed by atoms with Gasteiger partial charge in [-0.15, -0.1) is 0 Å². The van der Waals surface area contributed by atoms with Crippen molar-refractivity contribution >= 4 is 11.4 Å². The average molecular weight is 541 g/mol. The molecule has 0 aliphatic carbocycles. The standard InChI is InChI=1S/C39H40O2/c1-26-10-18-32(19-11-26)36(33-20-12-27(2)13-21-33)8-7-9-37-38(30(5)40)31(6)41-39(37,34-22-14-28(3)15-23-34)35-24-16-29(4)17-25-35/h8,10-25,37H,7,9H2,1-6H3. The van der Waals surface area contributed by atoms with Crippen LogP contribution in [0, 0.1) is 33.6 Å². The van der Waals surface area contributed by atoms with Gasteiger partial charge in [0.15, 0.2) is 11.4 Å². The summed E-state index contributed by atoms with van der Waals surface area (Å²) in [5.74, 6) is 0.679. The van der Waals surface area contributed by atoms with E-state index in [0.29, 0.717) is 0 Å². The highest BCUT2D eigenvalue weighted by molar-refractivity contribution is 5.95. The molecule has 5 rings (SSSR count). The molecule has 0 saturated carbocycles. The second-order valence-electron chi connectivity index (χ2n) is 11.6. The SMILES string of the molecule is CC(=O)C1=C(C)OC(c2ccc(C)cc2)(c2ccc(C)cc2)C1CCC=C(c1ccc(C)cc1)c1ccc(C)cc1. The molecule has 0 bridgehead atoms. The molecule has 0 amide bonds. The smallest absolute Gasteiger partial charge is 0.166 e. The summed E-state index contributed by atoms with van der Waals surface area (Å²) in [7, 11) is 0. The first-order chi connectivity index (χ1) is 19.7. The number of hydrogen-bond acceptors (Lipinski definition) is 2. The van der Waals surface area contributed by atoms with E-state index in [1.165, 1.54) is 39.0 Å². The quantitative estimate of drug-likeness (QED) is 0.222. The highest BCUT2D eigenvalue weighted by atomic mass is 16.5. The minimum atomic E-state index is -0.770. The molecule has 0 spiro atoms. The molecule has 1 heterocycles. The van der Waals surface area contributed by atoms with Crippen LogP contribution in [0.1, 0.15) is 71.2 Å². The van der Waals surface area contributed by atoms with Gasteiger partial charge in [0, 0.05) is 22.6 Å². The number of ether oxygens (including phenoxy) is 1. The molecule has 41 heavy (non-hydrogen) atoms. The van der Waals surface area contributed by atoms with Gasteiger partial charge in [0.05, 0.1) is 0 Å². The summed E-state index contributed by atoms with van der Waals surface area (Å²) in [5, 5.41) is 0. The molecule has 0 aromatic heterocycles. The highest BCUT2D eigenvalue weighted by Gasteiger charge is 2.52. The number of Topliss-reactive ketones (excluding diaryl/α,β-unsaturated/α-hetero) is 1. The predicted molar refractivity (Wildman–Crippen MR) is 170 cm³/mol. The van der Waals surface area contributed by atoms with Crippen molar-refractivity contribution in [1.82, 2.24) is 0 Å². The first-order valence-electron chi connectivity index (χ1n) is 14.6. The Kier molecular flexibility index (Phi) is 8.13. The van der Waals surface area contributed by atoms with E-state index in [2.05, 4.69) is 131 Å². The summed E-state index contributed by atoms with van der Waals surface area (Å²) in [6, 6.07) is 34.7. The Morgan fingerprint density at radius 3 is 1.44 bits per heavy atom. The van der Waals surface area contributed by atoms with Crippen LogP contribution >= 0.6 is 0 Å². The van der Waals surface area contributed by atoms with Gasteiger partial charge in [-0.05, 0) is 71.1 Å². The first-order valence-corrected chi connectivity index (χ1v) is 14.6. The summed E-state index contributed by atoms with van der Waals surface area (Å²) in [5.41, 5.74) is 10.7. The third-order valence-corrected chi connectivity index (χ3v) is 8.40. The molecular weight excluding hydrogens is 500 g/mol. The normalized spacial score (nSPS) is 15.9. The second-order valence-corrected chi connectivity index (χ2v) is 11.6. The third kappa shape index (κ3) is 5.70. The largest absolute Gasteiger partial charge is 0.481 e. The Balaban J connectivity index is 1.60. The van der Waals surface area contributed by atoms with Gasteiger partial charge in [-0.3, -0.25) is 4.79 Å². The number of allylic oxidation sites excluding steroid dienone is 2. The van der Waals surface area contributed by atoms with E-state index in [9.17, 15) is 4.79 Å². The van der Waals surface area contributed by atoms with Crippen molar-refractivity contribution in [3.8, 4) is 0 Å². The van der Waals surface area contributed by atoms with E-state index in [1.54, 1.807) is 6.92 Å². The average Bonchev–Trinajstić information content (AvgIpc) is 3.26. The van der Waals surface area contributed by atoms with Crippen LogP contribution in [0.4, 0.5) is 0 Å². The van der Waals surface area contributed by atoms with Gasteiger partial charge in [0.1, 0.15) is 5.76 Å². The van der Waals surface area contributed by atoms with Crippen molar-refractivity contribution in [2.24, 2.45) is 5.92 Å². The third-order valence-electron chi connectivity index (χ3n) is 8.40. The lowest BCUT2D eigenvalue weighted by Gasteiger charge is -2.37. The fraction of sp³-hybridized carbons (Fsp3) is 0.256. The van der Waals surface area contributed by atoms with Crippen molar-refractivity contribution < 1.29 is 9.53 Å². The fourth-order valence-electron chi connectivity index (χ4n) is 6.21. The monoisotopic (exact) mass is 540 g/mol. The number of carbonyl (C=O) groups excluding carboxylic acids is 1. The maximum atomic E-state index is 13.2. The van der Waals surface area contributed by atoms with Gasteiger partial charge >= 0.3 is 0 Å². The Morgan fingerprint density at radius 2 is 1.05 bits per heavy atom. The summed E-state index contributed by atoms with van der Waals surface area (Å²) < 4.78 is 6.88.